The van der Waals surface area contributed by atoms with Crippen LogP contribution < -0.4 is 5.19 Å². The number of hydrogen-bond acceptors (Lipinski definition) is 1. The molecule has 0 N–H and O–H groups in total. The van der Waals surface area contributed by atoms with Crippen LogP contribution in [0, 0.1) is 11.6 Å². The van der Waals surface area contributed by atoms with E-state index in [0.717, 1.165) is 16.8 Å². The highest BCUT2D eigenvalue weighted by Gasteiger charge is 2.23. The normalized spacial score (nSPS) is 11.6. The Bertz CT molecular complexity index is 559. The molecule has 2 aromatic rings. The summed E-state index contributed by atoms with van der Waals surface area (Å²) in [4.78, 5) is 0. The molecule has 0 unspecified atom stereocenters. The summed E-state index contributed by atoms with van der Waals surface area (Å²) in [5.41, 5.74) is 1.34. The minimum absolute atomic E-state index is 0.543. The van der Waals surface area contributed by atoms with Gasteiger partial charge in [0.2, 0.25) is 8.32 Å². The second-order valence-corrected chi connectivity index (χ2v) is 8.96. The van der Waals surface area contributed by atoms with Crippen molar-refractivity contribution in [1.29, 1.82) is 0 Å². The van der Waals surface area contributed by atoms with Crippen LogP contribution in [0.3, 0.4) is 0 Å². The maximum absolute atomic E-state index is 13.2. The third-order valence-corrected chi connectivity index (χ3v) is 6.03. The van der Waals surface area contributed by atoms with E-state index in [2.05, 4.69) is 13.1 Å². The first-order valence-corrected chi connectivity index (χ1v) is 8.95. The van der Waals surface area contributed by atoms with Crippen molar-refractivity contribution < 1.29 is 13.2 Å². The second kappa shape index (κ2) is 5.23. The number of benzene rings is 2. The Kier molecular flexibility index (Phi) is 3.82. The zero-order chi connectivity index (χ0) is 14.0. The summed E-state index contributed by atoms with van der Waals surface area (Å²) in [7, 11) is -0.137. The maximum atomic E-state index is 13.2. The lowest BCUT2D eigenvalue weighted by Gasteiger charge is -2.20. The molecule has 0 atom stereocenters. The largest absolute Gasteiger partial charge is 0.416 e. The monoisotopic (exact) mass is 278 g/mol. The van der Waals surface area contributed by atoms with Crippen molar-refractivity contribution >= 4 is 13.5 Å². The first-order chi connectivity index (χ1) is 8.92. The van der Waals surface area contributed by atoms with E-state index in [1.165, 1.54) is 12.1 Å². The molecule has 0 heterocycles. The zero-order valence-corrected chi connectivity index (χ0v) is 12.2. The van der Waals surface area contributed by atoms with Gasteiger partial charge < -0.3 is 4.43 Å². The van der Waals surface area contributed by atoms with E-state index < -0.39 is 20.0 Å². The fourth-order valence-corrected chi connectivity index (χ4v) is 3.11. The molecule has 0 aliphatic heterocycles. The first-order valence-electron chi connectivity index (χ1n) is 6.04. The van der Waals surface area contributed by atoms with Crippen molar-refractivity contribution in [3.63, 3.8) is 0 Å². The molecule has 0 aliphatic carbocycles. The molecule has 19 heavy (non-hydrogen) atoms. The smallest absolute Gasteiger partial charge is 0.217 e. The lowest BCUT2D eigenvalue weighted by Crippen LogP contribution is -2.43. The number of rotatable bonds is 3. The molecule has 0 bridgehead atoms. The van der Waals surface area contributed by atoms with E-state index in [9.17, 15) is 8.78 Å². The summed E-state index contributed by atoms with van der Waals surface area (Å²) >= 11 is 0. The molecule has 2 rings (SSSR count). The van der Waals surface area contributed by atoms with Gasteiger partial charge in [-0.2, -0.15) is 0 Å². The maximum Gasteiger partial charge on any atom is 0.217 e. The van der Waals surface area contributed by atoms with Gasteiger partial charge in [0, 0.05) is 13.2 Å². The van der Waals surface area contributed by atoms with Crippen LogP contribution in [0.1, 0.15) is 0 Å². The van der Waals surface area contributed by atoms with Gasteiger partial charge in [-0.3, -0.25) is 0 Å². The summed E-state index contributed by atoms with van der Waals surface area (Å²) in [6.07, 6.45) is 0. The molecule has 0 spiro atoms. The topological polar surface area (TPSA) is 9.23 Å². The lowest BCUT2D eigenvalue weighted by atomic mass is 10.1. The fraction of sp³-hybridized carbons (Fsp3) is 0.200. The third-order valence-electron chi connectivity index (χ3n) is 3.29. The highest BCUT2D eigenvalue weighted by atomic mass is 28.4. The van der Waals surface area contributed by atoms with Crippen LogP contribution in [0.4, 0.5) is 8.78 Å². The van der Waals surface area contributed by atoms with Gasteiger partial charge in [-0.25, -0.2) is 8.78 Å². The zero-order valence-electron chi connectivity index (χ0n) is 11.2. The van der Waals surface area contributed by atoms with Gasteiger partial charge >= 0.3 is 0 Å². The van der Waals surface area contributed by atoms with Gasteiger partial charge in [-0.15, -0.1) is 0 Å². The van der Waals surface area contributed by atoms with Crippen LogP contribution in [0.2, 0.25) is 13.1 Å². The van der Waals surface area contributed by atoms with Crippen LogP contribution in [-0.4, -0.2) is 15.4 Å². The predicted octanol–water partition coefficient (Wildman–Crippen LogP) is 3.69. The van der Waals surface area contributed by atoms with Gasteiger partial charge in [-0.05, 0) is 41.5 Å². The molecular formula is C15H16F2OSi. The predicted molar refractivity (Wildman–Crippen MR) is 75.9 cm³/mol. The Labute approximate surface area is 113 Å². The minimum atomic E-state index is -1.85. The molecular weight excluding hydrogens is 262 g/mol. The summed E-state index contributed by atoms with van der Waals surface area (Å²) < 4.78 is 31.9. The molecule has 2 aromatic carbocycles. The highest BCUT2D eigenvalue weighted by molar-refractivity contribution is 6.84. The number of halogens is 2. The Balaban J connectivity index is 2.37. The molecule has 1 nitrogen and oxygen atoms in total. The minimum Gasteiger partial charge on any atom is -0.416 e. The Morgan fingerprint density at radius 1 is 0.842 bits per heavy atom. The van der Waals surface area contributed by atoms with E-state index in [1.54, 1.807) is 7.11 Å². The van der Waals surface area contributed by atoms with E-state index in [-0.39, 0.29) is 0 Å². The quantitative estimate of drug-likeness (QED) is 0.778. The third kappa shape index (κ3) is 3.08. The highest BCUT2D eigenvalue weighted by Crippen LogP contribution is 2.21. The molecule has 0 aliphatic rings. The van der Waals surface area contributed by atoms with Crippen molar-refractivity contribution in [2.75, 3.05) is 7.11 Å². The molecule has 0 saturated carbocycles. The van der Waals surface area contributed by atoms with Crippen molar-refractivity contribution in [1.82, 2.24) is 0 Å². The van der Waals surface area contributed by atoms with Crippen molar-refractivity contribution in [3.8, 4) is 11.1 Å². The average Bonchev–Trinajstić information content (AvgIpc) is 2.38. The van der Waals surface area contributed by atoms with Gasteiger partial charge in [-0.1, -0.05) is 24.3 Å². The van der Waals surface area contributed by atoms with Crippen LogP contribution in [-0.2, 0) is 4.43 Å². The van der Waals surface area contributed by atoms with Gasteiger partial charge in [0.05, 0.1) is 0 Å². The van der Waals surface area contributed by atoms with Gasteiger partial charge in [0.1, 0.15) is 11.6 Å². The summed E-state index contributed by atoms with van der Waals surface area (Å²) in [5, 5.41) is 1.15. The van der Waals surface area contributed by atoms with Crippen molar-refractivity contribution in [3.05, 3.63) is 54.1 Å². The van der Waals surface area contributed by atoms with Crippen LogP contribution in [0.5, 0.6) is 0 Å². The molecule has 0 aromatic heterocycles. The van der Waals surface area contributed by atoms with Crippen LogP contribution in [0.15, 0.2) is 42.5 Å². The fourth-order valence-electron chi connectivity index (χ4n) is 1.90. The van der Waals surface area contributed by atoms with Crippen molar-refractivity contribution in [2.24, 2.45) is 0 Å². The van der Waals surface area contributed by atoms with E-state index in [4.69, 9.17) is 4.43 Å². The van der Waals surface area contributed by atoms with Crippen LogP contribution in [0.25, 0.3) is 11.1 Å². The molecule has 0 saturated heterocycles. The van der Waals surface area contributed by atoms with Crippen molar-refractivity contribution in [2.45, 2.75) is 13.1 Å². The molecule has 100 valence electrons. The van der Waals surface area contributed by atoms with E-state index in [0.29, 0.717) is 5.56 Å². The SMILES string of the molecule is CO[Si](C)(C)c1ccc(-c2cc(F)cc(F)c2)cc1. The van der Waals surface area contributed by atoms with E-state index >= 15 is 0 Å². The molecule has 0 fully saturated rings. The Hall–Kier alpha value is -1.52. The summed E-state index contributed by atoms with van der Waals surface area (Å²) in [6.45, 7) is 4.20. The average molecular weight is 278 g/mol. The van der Waals surface area contributed by atoms with Gasteiger partial charge in [0.15, 0.2) is 0 Å². The molecule has 0 radical (unpaired) electrons. The van der Waals surface area contributed by atoms with E-state index in [1.807, 2.05) is 24.3 Å². The van der Waals surface area contributed by atoms with Crippen LogP contribution >= 0.6 is 0 Å². The lowest BCUT2D eigenvalue weighted by molar-refractivity contribution is 0.416. The standard InChI is InChI=1S/C15H16F2OSi/c1-18-19(2,3)15-6-4-11(5-7-15)12-8-13(16)10-14(17)9-12/h4-10H,1-3H3. The molecule has 4 heteroatoms. The van der Waals surface area contributed by atoms with Gasteiger partial charge in [0.25, 0.3) is 0 Å². The Morgan fingerprint density at radius 2 is 1.37 bits per heavy atom. The molecule has 0 amide bonds. The number of hydrogen-bond donors (Lipinski definition) is 0. The first kappa shape index (κ1) is 13.9. The summed E-state index contributed by atoms with van der Waals surface area (Å²) in [5.74, 6) is -1.13. The summed E-state index contributed by atoms with van der Waals surface area (Å²) in [6, 6.07) is 11.2. The Morgan fingerprint density at radius 3 is 1.84 bits per heavy atom. The second-order valence-electron chi connectivity index (χ2n) is 4.95.